The van der Waals surface area contributed by atoms with Crippen LogP contribution < -0.4 is 0 Å². The summed E-state index contributed by atoms with van der Waals surface area (Å²) in [5.74, 6) is -2.51. The fourth-order valence-corrected chi connectivity index (χ4v) is 4.04. The highest BCUT2D eigenvalue weighted by molar-refractivity contribution is 5.88. The topological polar surface area (TPSA) is 172 Å². The number of aliphatic hydroxyl groups excluding tert-OH is 1. The molecule has 0 aliphatic carbocycles. The van der Waals surface area contributed by atoms with Crippen LogP contribution in [-0.4, -0.2) is 80.6 Å². The number of carboxylic acids is 1. The van der Waals surface area contributed by atoms with Crippen LogP contribution in [0.1, 0.15) is 70.9 Å². The Labute approximate surface area is 261 Å². The third kappa shape index (κ3) is 11.0. The molecular formula is C32H38N4O9. The van der Waals surface area contributed by atoms with Crippen LogP contribution >= 0.6 is 0 Å². The fourth-order valence-electron chi connectivity index (χ4n) is 4.04. The van der Waals surface area contributed by atoms with Crippen molar-refractivity contribution in [1.82, 2.24) is 19.1 Å². The van der Waals surface area contributed by atoms with Crippen molar-refractivity contribution in [3.63, 3.8) is 0 Å². The van der Waals surface area contributed by atoms with Gasteiger partial charge in [0.2, 0.25) is 0 Å². The van der Waals surface area contributed by atoms with Crippen LogP contribution in [0, 0.1) is 0 Å². The summed E-state index contributed by atoms with van der Waals surface area (Å²) >= 11 is 0. The molecule has 2 heterocycles. The first kappa shape index (κ1) is 35.9. The Bertz CT molecular complexity index is 1490. The third-order valence-corrected chi connectivity index (χ3v) is 6.46. The largest absolute Gasteiger partial charge is 0.481 e. The Morgan fingerprint density at radius 1 is 0.711 bits per heavy atom. The van der Waals surface area contributed by atoms with Crippen molar-refractivity contribution in [3.05, 3.63) is 108 Å². The maximum Gasteiger partial charge on any atom is 0.356 e. The van der Waals surface area contributed by atoms with Gasteiger partial charge in [0.05, 0.1) is 57.1 Å². The molecule has 0 amide bonds. The van der Waals surface area contributed by atoms with Crippen LogP contribution in [-0.2, 0) is 23.8 Å². The molecule has 0 spiro atoms. The normalized spacial score (nSPS) is 11.4. The minimum Gasteiger partial charge on any atom is -0.481 e. The van der Waals surface area contributed by atoms with Gasteiger partial charge in [0.1, 0.15) is 24.6 Å². The summed E-state index contributed by atoms with van der Waals surface area (Å²) in [6.07, 6.45) is 5.85. The predicted octanol–water partition coefficient (Wildman–Crippen LogP) is 3.94. The minimum absolute atomic E-state index is 0.0175. The number of carbonyl (C=O) groups excluding carboxylic acids is 3. The van der Waals surface area contributed by atoms with E-state index in [2.05, 4.69) is 14.7 Å². The van der Waals surface area contributed by atoms with E-state index in [1.807, 2.05) is 74.5 Å². The van der Waals surface area contributed by atoms with Gasteiger partial charge in [-0.1, -0.05) is 60.7 Å². The molecule has 2 atom stereocenters. The summed E-state index contributed by atoms with van der Waals surface area (Å²) in [5, 5.41) is 15.5. The molecule has 4 rings (SSSR count). The van der Waals surface area contributed by atoms with E-state index in [4.69, 9.17) is 19.7 Å². The van der Waals surface area contributed by atoms with Crippen molar-refractivity contribution in [2.24, 2.45) is 0 Å². The second-order valence-corrected chi connectivity index (χ2v) is 9.29. The Morgan fingerprint density at radius 2 is 1.11 bits per heavy atom. The lowest BCUT2D eigenvalue weighted by molar-refractivity contribution is -0.141. The average Bonchev–Trinajstić information content (AvgIpc) is 3.77. The van der Waals surface area contributed by atoms with Gasteiger partial charge in [-0.15, -0.1) is 0 Å². The summed E-state index contributed by atoms with van der Waals surface area (Å²) in [6.45, 7) is 3.75. The Hall–Kier alpha value is -5.30. The highest BCUT2D eigenvalue weighted by Crippen LogP contribution is 2.21. The average molecular weight is 623 g/mol. The SMILES string of the molecule is CO.COC(=O)CCOC(=O)c1cncn1[C@H](C)c1ccccc1.C[C@H](c1ccccc1)n1cncc1C(=O)OCCC(=O)O. The van der Waals surface area contributed by atoms with Gasteiger partial charge in [0.25, 0.3) is 0 Å². The van der Waals surface area contributed by atoms with Crippen molar-refractivity contribution in [2.75, 3.05) is 27.4 Å². The summed E-state index contributed by atoms with van der Waals surface area (Å²) < 4.78 is 18.0. The molecule has 0 radical (unpaired) electrons. The van der Waals surface area contributed by atoms with Gasteiger partial charge >= 0.3 is 23.9 Å². The molecule has 0 saturated carbocycles. The lowest BCUT2D eigenvalue weighted by Crippen LogP contribution is -2.17. The zero-order chi connectivity index (χ0) is 33.2. The van der Waals surface area contributed by atoms with Crippen molar-refractivity contribution < 1.29 is 43.6 Å². The number of imidazole rings is 2. The van der Waals surface area contributed by atoms with E-state index in [0.717, 1.165) is 18.2 Å². The first-order valence-corrected chi connectivity index (χ1v) is 13.9. The quantitative estimate of drug-likeness (QED) is 0.173. The summed E-state index contributed by atoms with van der Waals surface area (Å²) in [7, 11) is 2.29. The molecule has 2 aromatic carbocycles. The van der Waals surface area contributed by atoms with E-state index in [1.54, 1.807) is 21.8 Å². The van der Waals surface area contributed by atoms with E-state index >= 15 is 0 Å². The molecule has 0 unspecified atom stereocenters. The zero-order valence-corrected chi connectivity index (χ0v) is 25.6. The number of carbonyl (C=O) groups is 4. The number of aliphatic carboxylic acids is 1. The number of aromatic nitrogens is 4. The standard InChI is InChI=1S/C16H18N2O4.C15H16N2O4.CH4O/c1-12(13-6-4-3-5-7-13)18-11-17-10-14(18)16(20)22-9-8-15(19)21-2;1-11(12-5-3-2-4-6-12)17-10-16-9-13(17)15(20)21-8-7-14(18)19;1-2/h3-7,10-12H,8-9H2,1-2H3;2-6,9-11H,7-8H2,1H3,(H,18,19);2H,1H3/t12-;11-;/m11./s1. The first-order chi connectivity index (χ1) is 21.7. The van der Waals surface area contributed by atoms with Gasteiger partial charge in [-0.3, -0.25) is 9.59 Å². The lowest BCUT2D eigenvalue weighted by atomic mass is 10.1. The van der Waals surface area contributed by atoms with Crippen LogP contribution in [0.4, 0.5) is 0 Å². The van der Waals surface area contributed by atoms with Crippen LogP contribution in [0.3, 0.4) is 0 Å². The summed E-state index contributed by atoms with van der Waals surface area (Å²) in [4.78, 5) is 53.5. The molecule has 2 N–H and O–H groups in total. The number of hydrogen-bond donors (Lipinski definition) is 2. The monoisotopic (exact) mass is 622 g/mol. The molecule has 0 bridgehead atoms. The molecule has 240 valence electrons. The Morgan fingerprint density at radius 3 is 1.49 bits per heavy atom. The molecule has 2 aromatic heterocycles. The maximum atomic E-state index is 12.1. The number of rotatable bonds is 12. The van der Waals surface area contributed by atoms with E-state index < -0.39 is 23.9 Å². The number of esters is 3. The van der Waals surface area contributed by atoms with Crippen LogP contribution in [0.5, 0.6) is 0 Å². The number of methoxy groups -OCH3 is 1. The highest BCUT2D eigenvalue weighted by Gasteiger charge is 2.19. The number of ether oxygens (including phenoxy) is 3. The van der Waals surface area contributed by atoms with Crippen molar-refractivity contribution >= 4 is 23.9 Å². The molecule has 0 aliphatic rings. The molecule has 0 aliphatic heterocycles. The fraction of sp³-hybridized carbons (Fsp3) is 0.312. The maximum absolute atomic E-state index is 12.1. The van der Waals surface area contributed by atoms with Crippen LogP contribution in [0.15, 0.2) is 85.7 Å². The van der Waals surface area contributed by atoms with Gasteiger partial charge in [-0.25, -0.2) is 19.6 Å². The zero-order valence-electron chi connectivity index (χ0n) is 25.6. The van der Waals surface area contributed by atoms with Crippen molar-refractivity contribution in [1.29, 1.82) is 0 Å². The number of aliphatic hydroxyl groups is 1. The van der Waals surface area contributed by atoms with Gasteiger partial charge in [-0.05, 0) is 25.0 Å². The van der Waals surface area contributed by atoms with E-state index in [9.17, 15) is 19.2 Å². The van der Waals surface area contributed by atoms with Gasteiger partial charge in [0.15, 0.2) is 0 Å². The number of carboxylic acid groups (broad SMARTS) is 1. The lowest BCUT2D eigenvalue weighted by Gasteiger charge is -2.16. The summed E-state index contributed by atoms with van der Waals surface area (Å²) in [6, 6.07) is 19.4. The Kier molecular flexibility index (Phi) is 15.2. The Balaban J connectivity index is 0.000000297. The predicted molar refractivity (Wildman–Crippen MR) is 163 cm³/mol. The van der Waals surface area contributed by atoms with Gasteiger partial charge in [-0.2, -0.15) is 0 Å². The van der Waals surface area contributed by atoms with E-state index in [1.165, 1.54) is 19.5 Å². The molecule has 13 nitrogen and oxygen atoms in total. The van der Waals surface area contributed by atoms with Crippen LogP contribution in [0.2, 0.25) is 0 Å². The molecule has 13 heteroatoms. The molecule has 4 aromatic rings. The highest BCUT2D eigenvalue weighted by atomic mass is 16.5. The van der Waals surface area contributed by atoms with Crippen molar-refractivity contribution in [2.45, 2.75) is 38.8 Å². The van der Waals surface area contributed by atoms with Crippen LogP contribution in [0.25, 0.3) is 0 Å². The van der Waals surface area contributed by atoms with E-state index in [-0.39, 0.29) is 38.1 Å². The third-order valence-electron chi connectivity index (χ3n) is 6.46. The molecular weight excluding hydrogens is 584 g/mol. The van der Waals surface area contributed by atoms with Gasteiger partial charge < -0.3 is 33.6 Å². The molecule has 0 saturated heterocycles. The van der Waals surface area contributed by atoms with Gasteiger partial charge in [0, 0.05) is 7.11 Å². The first-order valence-electron chi connectivity index (χ1n) is 13.9. The second kappa shape index (κ2) is 19.1. The number of benzene rings is 2. The van der Waals surface area contributed by atoms with Crippen molar-refractivity contribution in [3.8, 4) is 0 Å². The number of nitrogens with zero attached hydrogens (tertiary/aromatic N) is 4. The second-order valence-electron chi connectivity index (χ2n) is 9.29. The minimum atomic E-state index is -1.01. The van der Waals surface area contributed by atoms with E-state index in [0.29, 0.717) is 11.4 Å². The number of hydrogen-bond acceptors (Lipinski definition) is 10. The summed E-state index contributed by atoms with van der Waals surface area (Å²) in [5.41, 5.74) is 2.75. The molecule has 45 heavy (non-hydrogen) atoms. The smallest absolute Gasteiger partial charge is 0.356 e. The molecule has 0 fully saturated rings.